The van der Waals surface area contributed by atoms with Gasteiger partial charge in [0.15, 0.2) is 0 Å². The van der Waals surface area contributed by atoms with Crippen LogP contribution in [0.4, 0.5) is 0 Å². The van der Waals surface area contributed by atoms with Crippen LogP contribution in [0, 0.1) is 18.3 Å². The van der Waals surface area contributed by atoms with Crippen LogP contribution in [0.2, 0.25) is 0 Å². The van der Waals surface area contributed by atoms with Crippen molar-refractivity contribution >= 4 is 0 Å². The molecule has 4 atom stereocenters. The summed E-state index contributed by atoms with van der Waals surface area (Å²) in [7, 11) is 0. The van der Waals surface area contributed by atoms with E-state index in [1.165, 1.54) is 0 Å². The summed E-state index contributed by atoms with van der Waals surface area (Å²) in [6.45, 7) is 0. The van der Waals surface area contributed by atoms with Crippen LogP contribution < -0.4 is 0 Å². The smallest absolute Gasteiger partial charge is 0.0833 e. The predicted octanol–water partition coefficient (Wildman–Crippen LogP) is 2.15. The van der Waals surface area contributed by atoms with Gasteiger partial charge < -0.3 is 4.74 Å². The van der Waals surface area contributed by atoms with E-state index in [4.69, 9.17) is 4.74 Å². The van der Waals surface area contributed by atoms with Gasteiger partial charge in [-0.3, -0.25) is 0 Å². The highest BCUT2D eigenvalue weighted by atomic mass is 16.5. The normalized spacial score (nSPS) is 46.2. The predicted molar refractivity (Wildman–Crippen MR) is 50.9 cm³/mol. The van der Waals surface area contributed by atoms with Crippen molar-refractivity contribution in [2.75, 3.05) is 0 Å². The van der Waals surface area contributed by atoms with Gasteiger partial charge in [-0.05, 0) is 12.3 Å². The number of ether oxygens (including phenoxy) is 1. The summed E-state index contributed by atoms with van der Waals surface area (Å²) in [6.07, 6.45) is 17.7. The minimum absolute atomic E-state index is 0.310. The Labute approximate surface area is 78.8 Å². The van der Waals surface area contributed by atoms with Gasteiger partial charge in [0.2, 0.25) is 0 Å². The highest BCUT2D eigenvalue weighted by molar-refractivity contribution is 5.23. The van der Waals surface area contributed by atoms with Gasteiger partial charge in [-0.15, -0.1) is 0 Å². The van der Waals surface area contributed by atoms with E-state index >= 15 is 0 Å². The average Bonchev–Trinajstić information content (AvgIpc) is 2.56. The molecule has 1 nitrogen and oxygen atoms in total. The van der Waals surface area contributed by atoms with Crippen molar-refractivity contribution in [2.45, 2.75) is 18.6 Å². The van der Waals surface area contributed by atoms with E-state index in [2.05, 4.69) is 36.8 Å². The summed E-state index contributed by atoms with van der Waals surface area (Å²) in [5.74, 6) is 1.20. The van der Waals surface area contributed by atoms with E-state index in [-0.39, 0.29) is 0 Å². The second-order valence-corrected chi connectivity index (χ2v) is 3.84. The van der Waals surface area contributed by atoms with E-state index in [1.54, 1.807) is 0 Å². The fraction of sp³-hybridized carbons (Fsp3) is 0.417. The molecule has 2 aliphatic carbocycles. The Balaban J connectivity index is 1.91. The Kier molecular flexibility index (Phi) is 1.66. The lowest BCUT2D eigenvalue weighted by Gasteiger charge is -2.22. The minimum Gasteiger partial charge on any atom is -0.366 e. The van der Waals surface area contributed by atoms with Crippen LogP contribution in [0.3, 0.4) is 0 Å². The first-order chi connectivity index (χ1) is 6.45. The summed E-state index contributed by atoms with van der Waals surface area (Å²) in [5, 5.41) is 0. The second-order valence-electron chi connectivity index (χ2n) is 3.84. The van der Waals surface area contributed by atoms with Crippen LogP contribution in [-0.4, -0.2) is 12.2 Å². The van der Waals surface area contributed by atoms with Crippen LogP contribution in [0.15, 0.2) is 36.5 Å². The largest absolute Gasteiger partial charge is 0.366 e. The lowest BCUT2D eigenvalue weighted by molar-refractivity contribution is 0.0839. The average molecular weight is 172 g/mol. The van der Waals surface area contributed by atoms with Crippen molar-refractivity contribution in [3.63, 3.8) is 0 Å². The van der Waals surface area contributed by atoms with Crippen LogP contribution in [0.1, 0.15) is 6.42 Å². The Bertz CT molecular complexity index is 287. The molecule has 1 fully saturated rings. The lowest BCUT2D eigenvalue weighted by Crippen LogP contribution is -2.21. The number of hydrogen-bond donors (Lipinski definition) is 0. The molecule has 0 N–H and O–H groups in total. The number of rotatable bonds is 0. The third kappa shape index (κ3) is 1.11. The molecule has 0 bridgehead atoms. The maximum Gasteiger partial charge on any atom is 0.0833 e. The first kappa shape index (κ1) is 7.57. The topological polar surface area (TPSA) is 9.23 Å². The molecule has 0 aromatic carbocycles. The fourth-order valence-corrected chi connectivity index (χ4v) is 2.44. The fourth-order valence-electron chi connectivity index (χ4n) is 2.44. The van der Waals surface area contributed by atoms with Gasteiger partial charge in [-0.1, -0.05) is 36.5 Å². The molecule has 1 heterocycles. The summed E-state index contributed by atoms with van der Waals surface area (Å²) >= 11 is 0. The van der Waals surface area contributed by atoms with Gasteiger partial charge in [0.05, 0.1) is 12.2 Å². The van der Waals surface area contributed by atoms with Crippen molar-refractivity contribution in [2.24, 2.45) is 11.8 Å². The van der Waals surface area contributed by atoms with Gasteiger partial charge >= 0.3 is 0 Å². The maximum absolute atomic E-state index is 5.90. The minimum atomic E-state index is 0.310. The Morgan fingerprint density at radius 2 is 2.00 bits per heavy atom. The van der Waals surface area contributed by atoms with E-state index in [1.807, 2.05) is 6.08 Å². The molecule has 66 valence electrons. The van der Waals surface area contributed by atoms with Gasteiger partial charge in [0.1, 0.15) is 0 Å². The van der Waals surface area contributed by atoms with Crippen LogP contribution in [0.5, 0.6) is 0 Å². The second kappa shape index (κ2) is 2.85. The van der Waals surface area contributed by atoms with Crippen molar-refractivity contribution in [3.8, 4) is 0 Å². The molecule has 0 saturated carbocycles. The molecule has 4 unspecified atom stereocenters. The van der Waals surface area contributed by atoms with Crippen molar-refractivity contribution in [3.05, 3.63) is 42.9 Å². The SMILES string of the molecule is [C]1C=CC2OC3C=CC=CC3C2C1. The zero-order chi connectivity index (χ0) is 8.67. The van der Waals surface area contributed by atoms with E-state index in [0.717, 1.165) is 6.42 Å². The summed E-state index contributed by atoms with van der Waals surface area (Å²) in [4.78, 5) is 0. The monoisotopic (exact) mass is 172 g/mol. The summed E-state index contributed by atoms with van der Waals surface area (Å²) in [5.41, 5.74) is 0. The van der Waals surface area contributed by atoms with E-state index < -0.39 is 0 Å². The number of fused-ring (bicyclic) bond motifs is 3. The molecule has 1 saturated heterocycles. The van der Waals surface area contributed by atoms with Crippen molar-refractivity contribution < 1.29 is 4.74 Å². The van der Waals surface area contributed by atoms with Gasteiger partial charge in [-0.2, -0.15) is 0 Å². The first-order valence-corrected chi connectivity index (χ1v) is 4.86. The Morgan fingerprint density at radius 1 is 1.08 bits per heavy atom. The third-order valence-corrected chi connectivity index (χ3v) is 3.11. The molecule has 0 aromatic rings. The standard InChI is InChI=1S/C12H12O/c1-3-7-11-9(5-1)10-6-2-4-8-12(10)13-11/h1,3-5,7-12H,6H2. The molecule has 0 aromatic heterocycles. The van der Waals surface area contributed by atoms with Gasteiger partial charge in [0.25, 0.3) is 0 Å². The maximum atomic E-state index is 5.90. The molecule has 0 amide bonds. The van der Waals surface area contributed by atoms with Crippen LogP contribution in [-0.2, 0) is 4.74 Å². The zero-order valence-electron chi connectivity index (χ0n) is 7.39. The van der Waals surface area contributed by atoms with Gasteiger partial charge in [0, 0.05) is 12.3 Å². The molecule has 0 spiro atoms. The Morgan fingerprint density at radius 3 is 3.00 bits per heavy atom. The molecule has 1 heteroatoms. The van der Waals surface area contributed by atoms with E-state index in [0.29, 0.717) is 24.0 Å². The zero-order valence-corrected chi connectivity index (χ0v) is 7.39. The van der Waals surface area contributed by atoms with E-state index in [9.17, 15) is 0 Å². The molecule has 3 rings (SSSR count). The summed E-state index contributed by atoms with van der Waals surface area (Å²) in [6, 6.07) is 0. The summed E-state index contributed by atoms with van der Waals surface area (Å²) < 4.78 is 5.90. The Hall–Kier alpha value is -0.820. The van der Waals surface area contributed by atoms with Gasteiger partial charge in [-0.25, -0.2) is 0 Å². The highest BCUT2D eigenvalue weighted by Gasteiger charge is 2.41. The molecular weight excluding hydrogens is 160 g/mol. The van der Waals surface area contributed by atoms with Crippen LogP contribution >= 0.6 is 0 Å². The van der Waals surface area contributed by atoms with Crippen molar-refractivity contribution in [1.82, 2.24) is 0 Å². The molecule has 2 radical (unpaired) electrons. The quantitative estimate of drug-likeness (QED) is 0.544. The third-order valence-electron chi connectivity index (χ3n) is 3.11. The number of hydrogen-bond acceptors (Lipinski definition) is 1. The lowest BCUT2D eigenvalue weighted by atomic mass is 9.80. The molecular formula is C12H12O. The van der Waals surface area contributed by atoms with Crippen LogP contribution in [0.25, 0.3) is 0 Å². The molecule has 3 aliphatic rings. The van der Waals surface area contributed by atoms with Crippen molar-refractivity contribution in [1.29, 1.82) is 0 Å². The molecule has 13 heavy (non-hydrogen) atoms. The number of allylic oxidation sites excluding steroid dienone is 3. The molecule has 1 aliphatic heterocycles. The first-order valence-electron chi connectivity index (χ1n) is 4.86. The highest BCUT2D eigenvalue weighted by Crippen LogP contribution is 2.41.